The Bertz CT molecular complexity index is 1090. The molecular weight excluding hydrogens is 422 g/mol. The van der Waals surface area contributed by atoms with Crippen LogP contribution in [0.5, 0.6) is 5.75 Å². The normalized spacial score (nSPS) is 10.8. The molecule has 0 aliphatic rings. The van der Waals surface area contributed by atoms with Gasteiger partial charge in [-0.1, -0.05) is 84.6 Å². The monoisotopic (exact) mass is 445 g/mol. The van der Waals surface area contributed by atoms with Gasteiger partial charge in [0.2, 0.25) is 11.8 Å². The number of hydrogen-bond donors (Lipinski definition) is 1. The molecule has 1 heterocycles. The molecule has 7 heteroatoms. The third-order valence-electron chi connectivity index (χ3n) is 4.86. The van der Waals surface area contributed by atoms with E-state index in [4.69, 9.17) is 9.15 Å². The van der Waals surface area contributed by atoms with Crippen LogP contribution < -0.4 is 10.1 Å². The number of benzene rings is 3. The molecule has 0 bridgehead atoms. The minimum absolute atomic E-state index is 0.109. The predicted octanol–water partition coefficient (Wildman–Crippen LogP) is 4.67. The molecule has 1 amide bonds. The van der Waals surface area contributed by atoms with Crippen molar-refractivity contribution in [1.82, 2.24) is 15.5 Å². The number of carbonyl (C=O) groups excluding carboxylic acids is 1. The molecule has 32 heavy (non-hydrogen) atoms. The van der Waals surface area contributed by atoms with Gasteiger partial charge in [0.1, 0.15) is 5.75 Å². The summed E-state index contributed by atoms with van der Waals surface area (Å²) in [5, 5.41) is 11.6. The number of amides is 1. The van der Waals surface area contributed by atoms with Gasteiger partial charge in [-0.05, 0) is 28.8 Å². The first-order valence-electron chi connectivity index (χ1n) is 10.2. The van der Waals surface area contributed by atoms with Crippen molar-refractivity contribution in [2.75, 3.05) is 12.9 Å². The fraction of sp³-hybridized carbons (Fsp3) is 0.160. The maximum Gasteiger partial charge on any atom is 0.277 e. The molecular formula is C25H23N3O3S. The molecule has 0 radical (unpaired) electrons. The van der Waals surface area contributed by atoms with Crippen LogP contribution in [-0.2, 0) is 11.2 Å². The summed E-state index contributed by atoms with van der Waals surface area (Å²) in [5.74, 6) is 1.37. The molecule has 0 aliphatic carbocycles. The number of nitrogens with zero attached hydrogens (tertiary/aromatic N) is 2. The Morgan fingerprint density at radius 2 is 1.56 bits per heavy atom. The van der Waals surface area contributed by atoms with E-state index in [0.717, 1.165) is 22.4 Å². The lowest BCUT2D eigenvalue weighted by Gasteiger charge is -2.19. The van der Waals surface area contributed by atoms with Crippen LogP contribution in [-0.4, -0.2) is 29.0 Å². The summed E-state index contributed by atoms with van der Waals surface area (Å²) in [7, 11) is 1.63. The van der Waals surface area contributed by atoms with Crippen molar-refractivity contribution in [1.29, 1.82) is 0 Å². The molecule has 0 atom stereocenters. The summed E-state index contributed by atoms with van der Waals surface area (Å²) in [6, 6.07) is 27.3. The van der Waals surface area contributed by atoms with Crippen LogP contribution in [0, 0.1) is 0 Å². The van der Waals surface area contributed by atoms with Crippen molar-refractivity contribution in [3.05, 3.63) is 108 Å². The van der Waals surface area contributed by atoms with Gasteiger partial charge in [0.05, 0.1) is 25.3 Å². The van der Waals surface area contributed by atoms with Crippen molar-refractivity contribution in [3.8, 4) is 5.75 Å². The van der Waals surface area contributed by atoms with Crippen LogP contribution in [0.1, 0.15) is 28.6 Å². The summed E-state index contributed by atoms with van der Waals surface area (Å²) in [5.41, 5.74) is 3.09. The van der Waals surface area contributed by atoms with Gasteiger partial charge in [0.25, 0.3) is 5.22 Å². The zero-order valence-corrected chi connectivity index (χ0v) is 18.4. The summed E-state index contributed by atoms with van der Waals surface area (Å²) >= 11 is 1.23. The summed E-state index contributed by atoms with van der Waals surface area (Å²) < 4.78 is 10.9. The minimum Gasteiger partial charge on any atom is -0.497 e. The van der Waals surface area contributed by atoms with Gasteiger partial charge in [-0.2, -0.15) is 0 Å². The van der Waals surface area contributed by atoms with Crippen molar-refractivity contribution < 1.29 is 13.9 Å². The van der Waals surface area contributed by atoms with Gasteiger partial charge in [-0.3, -0.25) is 4.79 Å². The van der Waals surface area contributed by atoms with Crippen LogP contribution in [0.25, 0.3) is 0 Å². The van der Waals surface area contributed by atoms with Crippen molar-refractivity contribution in [3.63, 3.8) is 0 Å². The number of methoxy groups -OCH3 is 1. The molecule has 0 fully saturated rings. The van der Waals surface area contributed by atoms with E-state index >= 15 is 0 Å². The summed E-state index contributed by atoms with van der Waals surface area (Å²) in [4.78, 5) is 12.7. The van der Waals surface area contributed by atoms with E-state index < -0.39 is 0 Å². The third-order valence-corrected chi connectivity index (χ3v) is 5.68. The predicted molar refractivity (Wildman–Crippen MR) is 124 cm³/mol. The van der Waals surface area contributed by atoms with E-state index in [1.165, 1.54) is 11.8 Å². The summed E-state index contributed by atoms with van der Waals surface area (Å²) in [6.45, 7) is 0. The topological polar surface area (TPSA) is 77.2 Å². The third kappa shape index (κ3) is 5.76. The number of carbonyl (C=O) groups is 1. The van der Waals surface area contributed by atoms with Crippen LogP contribution in [0.15, 0.2) is 94.6 Å². The smallest absolute Gasteiger partial charge is 0.277 e. The number of thioether (sulfide) groups is 1. The number of hydrogen-bond acceptors (Lipinski definition) is 6. The molecule has 6 nitrogen and oxygen atoms in total. The average Bonchev–Trinajstić information content (AvgIpc) is 3.30. The van der Waals surface area contributed by atoms with Gasteiger partial charge < -0.3 is 14.5 Å². The molecule has 0 saturated carbocycles. The van der Waals surface area contributed by atoms with E-state index in [1.54, 1.807) is 7.11 Å². The largest absolute Gasteiger partial charge is 0.497 e. The standard InChI is InChI=1S/C25H23N3O3S/c1-30-21-14-12-18(13-15-21)16-23-27-28-25(31-23)32-17-22(29)26-24(19-8-4-2-5-9-19)20-10-6-3-7-11-20/h2-15,24H,16-17H2,1H3,(H,26,29). The van der Waals surface area contributed by atoms with Crippen molar-refractivity contribution in [2.24, 2.45) is 0 Å². The van der Waals surface area contributed by atoms with Gasteiger partial charge in [0, 0.05) is 0 Å². The zero-order valence-electron chi connectivity index (χ0n) is 17.6. The summed E-state index contributed by atoms with van der Waals surface area (Å²) in [6.07, 6.45) is 0.522. The highest BCUT2D eigenvalue weighted by Crippen LogP contribution is 2.23. The molecule has 3 aromatic carbocycles. The highest BCUT2D eigenvalue weighted by molar-refractivity contribution is 7.99. The van der Waals surface area contributed by atoms with E-state index in [1.807, 2.05) is 84.9 Å². The first-order chi connectivity index (χ1) is 15.7. The van der Waals surface area contributed by atoms with Crippen LogP contribution in [0.4, 0.5) is 0 Å². The minimum atomic E-state index is -0.223. The lowest BCUT2D eigenvalue weighted by Crippen LogP contribution is -2.30. The fourth-order valence-corrected chi connectivity index (χ4v) is 3.86. The zero-order chi connectivity index (χ0) is 22.2. The Morgan fingerprint density at radius 1 is 0.938 bits per heavy atom. The maximum absolute atomic E-state index is 12.7. The molecule has 0 spiro atoms. The lowest BCUT2D eigenvalue weighted by atomic mass is 9.99. The second kappa shape index (κ2) is 10.6. The van der Waals surface area contributed by atoms with Crippen molar-refractivity contribution >= 4 is 17.7 Å². The van der Waals surface area contributed by atoms with Crippen molar-refractivity contribution in [2.45, 2.75) is 17.7 Å². The molecule has 4 aromatic rings. The van der Waals surface area contributed by atoms with Crippen LogP contribution >= 0.6 is 11.8 Å². The van der Waals surface area contributed by atoms with E-state index in [0.29, 0.717) is 17.5 Å². The number of ether oxygens (including phenoxy) is 1. The van der Waals surface area contributed by atoms with Crippen LogP contribution in [0.2, 0.25) is 0 Å². The average molecular weight is 446 g/mol. The quantitative estimate of drug-likeness (QED) is 0.378. The second-order valence-corrected chi connectivity index (χ2v) is 8.02. The Labute approximate surface area is 191 Å². The highest BCUT2D eigenvalue weighted by Gasteiger charge is 2.17. The molecule has 162 valence electrons. The lowest BCUT2D eigenvalue weighted by molar-refractivity contribution is -0.119. The molecule has 1 N–H and O–H groups in total. The van der Waals surface area contributed by atoms with E-state index in [-0.39, 0.29) is 17.7 Å². The Hall–Kier alpha value is -3.58. The fourth-order valence-electron chi connectivity index (χ4n) is 3.27. The number of nitrogens with one attached hydrogen (secondary N) is 1. The van der Waals surface area contributed by atoms with Gasteiger partial charge in [0.15, 0.2) is 0 Å². The van der Waals surface area contributed by atoms with E-state index in [2.05, 4.69) is 15.5 Å². The molecule has 1 aromatic heterocycles. The highest BCUT2D eigenvalue weighted by atomic mass is 32.2. The Morgan fingerprint density at radius 3 is 2.16 bits per heavy atom. The Kier molecular flexibility index (Phi) is 7.19. The van der Waals surface area contributed by atoms with Crippen LogP contribution in [0.3, 0.4) is 0 Å². The van der Waals surface area contributed by atoms with Gasteiger partial charge >= 0.3 is 0 Å². The second-order valence-electron chi connectivity index (χ2n) is 7.10. The molecule has 0 aliphatic heterocycles. The Balaban J connectivity index is 1.35. The molecule has 4 rings (SSSR count). The number of aromatic nitrogens is 2. The van der Waals surface area contributed by atoms with Gasteiger partial charge in [-0.25, -0.2) is 0 Å². The van der Waals surface area contributed by atoms with E-state index in [9.17, 15) is 4.79 Å². The first kappa shape index (κ1) is 21.6. The maximum atomic E-state index is 12.7. The first-order valence-corrected chi connectivity index (χ1v) is 11.2. The molecule has 0 saturated heterocycles. The molecule has 0 unspecified atom stereocenters. The number of rotatable bonds is 9. The van der Waals surface area contributed by atoms with Gasteiger partial charge in [-0.15, -0.1) is 10.2 Å². The SMILES string of the molecule is COc1ccc(Cc2nnc(SCC(=O)NC(c3ccccc3)c3ccccc3)o2)cc1.